The van der Waals surface area contributed by atoms with Crippen LogP contribution in [0.1, 0.15) is 41.4 Å². The fourth-order valence-corrected chi connectivity index (χ4v) is 4.50. The molecule has 188 valence electrons. The summed E-state index contributed by atoms with van der Waals surface area (Å²) in [7, 11) is 0. The van der Waals surface area contributed by atoms with Crippen LogP contribution in [0.15, 0.2) is 36.4 Å². The van der Waals surface area contributed by atoms with Crippen molar-refractivity contribution < 1.29 is 27.1 Å². The van der Waals surface area contributed by atoms with Gasteiger partial charge in [-0.15, -0.1) is 0 Å². The number of benzene rings is 2. The van der Waals surface area contributed by atoms with E-state index >= 15 is 0 Å². The summed E-state index contributed by atoms with van der Waals surface area (Å²) in [6.07, 6.45) is 2.23. The van der Waals surface area contributed by atoms with Gasteiger partial charge in [0, 0.05) is 32.1 Å². The summed E-state index contributed by atoms with van der Waals surface area (Å²) >= 11 is 0. The second-order valence-electron chi connectivity index (χ2n) is 9.17. The Morgan fingerprint density at radius 2 is 1.69 bits per heavy atom. The first-order chi connectivity index (χ1) is 17.3. The molecule has 1 aromatic heterocycles. The predicted molar refractivity (Wildman–Crippen MR) is 124 cm³/mol. The smallest absolute Gasteiger partial charge is 0.260 e. The predicted octanol–water partition coefficient (Wildman–Crippen LogP) is 5.26. The standard InChI is InChI=1S/C26H24F4N4O2/c1-15-7-10-33(11-8-15)26-31-21-9-12-34(25(35)23-18(28)3-2-4-19(23)29)14-17(21)24(32-26)36-22-6-5-16(27)13-20(22)30/h2-6,13,15H,7-12,14H2,1H3. The van der Waals surface area contributed by atoms with E-state index in [0.717, 1.165) is 50.2 Å². The number of hydrogen-bond acceptors (Lipinski definition) is 5. The lowest BCUT2D eigenvalue weighted by Crippen LogP contribution is -2.39. The van der Waals surface area contributed by atoms with Gasteiger partial charge in [0.25, 0.3) is 5.91 Å². The zero-order valence-corrected chi connectivity index (χ0v) is 19.6. The van der Waals surface area contributed by atoms with Crippen LogP contribution < -0.4 is 9.64 Å². The number of nitrogens with zero attached hydrogens (tertiary/aromatic N) is 4. The van der Waals surface area contributed by atoms with Crippen LogP contribution in [0.3, 0.4) is 0 Å². The highest BCUT2D eigenvalue weighted by Crippen LogP contribution is 2.34. The zero-order valence-electron chi connectivity index (χ0n) is 19.6. The van der Waals surface area contributed by atoms with Gasteiger partial charge in [-0.25, -0.2) is 22.5 Å². The maximum absolute atomic E-state index is 14.4. The SMILES string of the molecule is CC1CCN(c2nc3c(c(Oc4ccc(F)cc4F)n2)CN(C(=O)c2c(F)cccc2F)CC3)CC1. The monoisotopic (exact) mass is 500 g/mol. The van der Waals surface area contributed by atoms with Gasteiger partial charge in [0.15, 0.2) is 11.6 Å². The van der Waals surface area contributed by atoms with Crippen molar-refractivity contribution in [3.63, 3.8) is 0 Å². The first kappa shape index (κ1) is 24.0. The van der Waals surface area contributed by atoms with Gasteiger partial charge in [-0.05, 0) is 43.0 Å². The van der Waals surface area contributed by atoms with E-state index in [1.807, 2.05) is 4.90 Å². The lowest BCUT2D eigenvalue weighted by atomic mass is 9.99. The van der Waals surface area contributed by atoms with E-state index in [-0.39, 0.29) is 24.7 Å². The summed E-state index contributed by atoms with van der Waals surface area (Å²) in [5.74, 6) is -3.60. The van der Waals surface area contributed by atoms with E-state index < -0.39 is 34.7 Å². The number of ether oxygens (including phenoxy) is 1. The van der Waals surface area contributed by atoms with Crippen molar-refractivity contribution in [3.05, 3.63) is 76.5 Å². The lowest BCUT2D eigenvalue weighted by molar-refractivity contribution is 0.0722. The Morgan fingerprint density at radius 3 is 2.39 bits per heavy atom. The van der Waals surface area contributed by atoms with Gasteiger partial charge in [-0.1, -0.05) is 13.0 Å². The molecule has 0 radical (unpaired) electrons. The van der Waals surface area contributed by atoms with E-state index in [9.17, 15) is 22.4 Å². The molecule has 1 amide bonds. The van der Waals surface area contributed by atoms with Gasteiger partial charge in [0.1, 0.15) is 23.0 Å². The highest BCUT2D eigenvalue weighted by molar-refractivity contribution is 5.95. The number of carbonyl (C=O) groups excluding carboxylic acids is 1. The van der Waals surface area contributed by atoms with Crippen molar-refractivity contribution >= 4 is 11.9 Å². The van der Waals surface area contributed by atoms with Gasteiger partial charge in [0.2, 0.25) is 11.8 Å². The Bertz CT molecular complexity index is 1290. The van der Waals surface area contributed by atoms with Crippen LogP contribution >= 0.6 is 0 Å². The van der Waals surface area contributed by atoms with Crippen LogP contribution in [0.5, 0.6) is 11.6 Å². The molecule has 36 heavy (non-hydrogen) atoms. The molecule has 1 saturated heterocycles. The molecular weight excluding hydrogens is 476 g/mol. The van der Waals surface area contributed by atoms with Crippen molar-refractivity contribution in [3.8, 4) is 11.6 Å². The quantitative estimate of drug-likeness (QED) is 0.458. The lowest BCUT2D eigenvalue weighted by Gasteiger charge is -2.33. The Kier molecular flexibility index (Phi) is 6.51. The molecule has 3 aromatic rings. The molecule has 3 heterocycles. The summed E-state index contributed by atoms with van der Waals surface area (Å²) < 4.78 is 62.2. The molecule has 0 unspecified atom stereocenters. The summed E-state index contributed by atoms with van der Waals surface area (Å²) in [6, 6.07) is 6.15. The highest BCUT2D eigenvalue weighted by atomic mass is 19.1. The number of rotatable bonds is 4. The maximum atomic E-state index is 14.4. The number of anilines is 1. The molecule has 2 aliphatic rings. The Morgan fingerprint density at radius 1 is 0.972 bits per heavy atom. The first-order valence-corrected chi connectivity index (χ1v) is 11.8. The Balaban J connectivity index is 1.51. The third-order valence-electron chi connectivity index (χ3n) is 6.64. The molecule has 1 fully saturated rings. The highest BCUT2D eigenvalue weighted by Gasteiger charge is 2.31. The fraction of sp³-hybridized carbons (Fsp3) is 0.346. The second kappa shape index (κ2) is 9.75. The van der Waals surface area contributed by atoms with Crippen LogP contribution in [0.25, 0.3) is 0 Å². The number of aromatic nitrogens is 2. The fourth-order valence-electron chi connectivity index (χ4n) is 4.50. The first-order valence-electron chi connectivity index (χ1n) is 11.8. The van der Waals surface area contributed by atoms with E-state index in [4.69, 9.17) is 9.72 Å². The molecule has 0 saturated carbocycles. The van der Waals surface area contributed by atoms with E-state index in [1.165, 1.54) is 11.0 Å². The molecular formula is C26H24F4N4O2. The van der Waals surface area contributed by atoms with Crippen LogP contribution in [0.4, 0.5) is 23.5 Å². The molecule has 0 N–H and O–H groups in total. The maximum Gasteiger partial charge on any atom is 0.260 e. The molecule has 2 aromatic carbocycles. The van der Waals surface area contributed by atoms with Crippen molar-refractivity contribution in [2.75, 3.05) is 24.5 Å². The molecule has 10 heteroatoms. The third-order valence-corrected chi connectivity index (χ3v) is 6.64. The largest absolute Gasteiger partial charge is 0.435 e. The summed E-state index contributed by atoms with van der Waals surface area (Å²) in [5, 5.41) is 0. The number of piperidine rings is 1. The Hall–Kier alpha value is -3.69. The van der Waals surface area contributed by atoms with Gasteiger partial charge in [0.05, 0.1) is 17.8 Å². The molecule has 0 aliphatic carbocycles. The van der Waals surface area contributed by atoms with Gasteiger partial charge < -0.3 is 14.5 Å². The van der Waals surface area contributed by atoms with Crippen LogP contribution in [-0.2, 0) is 13.0 Å². The van der Waals surface area contributed by atoms with E-state index in [1.54, 1.807) is 0 Å². The molecule has 5 rings (SSSR count). The van der Waals surface area contributed by atoms with Gasteiger partial charge in [-0.2, -0.15) is 4.98 Å². The van der Waals surface area contributed by atoms with Crippen LogP contribution in [0, 0.1) is 29.2 Å². The molecule has 2 aliphatic heterocycles. The van der Waals surface area contributed by atoms with Crippen molar-refractivity contribution in [2.24, 2.45) is 5.92 Å². The summed E-state index contributed by atoms with van der Waals surface area (Å²) in [5.41, 5.74) is 0.367. The molecule has 0 bridgehead atoms. The summed E-state index contributed by atoms with van der Waals surface area (Å²) in [6.45, 7) is 3.78. The number of amides is 1. The zero-order chi connectivity index (χ0) is 25.4. The van der Waals surface area contributed by atoms with Crippen molar-refractivity contribution in [1.29, 1.82) is 0 Å². The average Bonchev–Trinajstić information content (AvgIpc) is 2.85. The van der Waals surface area contributed by atoms with E-state index in [2.05, 4.69) is 11.9 Å². The average molecular weight is 500 g/mol. The Labute approximate surface area is 205 Å². The number of halogens is 4. The van der Waals surface area contributed by atoms with Gasteiger partial charge >= 0.3 is 0 Å². The number of carbonyl (C=O) groups is 1. The van der Waals surface area contributed by atoms with Crippen molar-refractivity contribution in [1.82, 2.24) is 14.9 Å². The second-order valence-corrected chi connectivity index (χ2v) is 9.17. The normalized spacial score (nSPS) is 16.1. The topological polar surface area (TPSA) is 58.6 Å². The number of fused-ring (bicyclic) bond motifs is 1. The van der Waals surface area contributed by atoms with Gasteiger partial charge in [-0.3, -0.25) is 4.79 Å². The minimum atomic E-state index is -0.957. The number of hydrogen-bond donors (Lipinski definition) is 0. The van der Waals surface area contributed by atoms with E-state index in [0.29, 0.717) is 35.6 Å². The molecule has 6 nitrogen and oxygen atoms in total. The summed E-state index contributed by atoms with van der Waals surface area (Å²) in [4.78, 5) is 25.6. The molecule has 0 atom stereocenters. The van der Waals surface area contributed by atoms with Crippen molar-refractivity contribution in [2.45, 2.75) is 32.7 Å². The minimum Gasteiger partial charge on any atom is -0.435 e. The minimum absolute atomic E-state index is 0.0191. The van der Waals surface area contributed by atoms with Crippen LogP contribution in [-0.4, -0.2) is 40.4 Å². The van der Waals surface area contributed by atoms with Crippen LogP contribution in [0.2, 0.25) is 0 Å². The molecule has 0 spiro atoms. The third kappa shape index (κ3) is 4.72.